The molecule has 0 bridgehead atoms. The second-order valence-corrected chi connectivity index (χ2v) is 8.78. The lowest BCUT2D eigenvalue weighted by Crippen LogP contribution is -2.31. The maximum Gasteiger partial charge on any atom is 0.271 e. The number of halogens is 2. The molecule has 32 heavy (non-hydrogen) atoms. The van der Waals surface area contributed by atoms with Gasteiger partial charge < -0.3 is 0 Å². The van der Waals surface area contributed by atoms with E-state index in [1.165, 1.54) is 4.90 Å². The van der Waals surface area contributed by atoms with Crippen LogP contribution in [0.3, 0.4) is 0 Å². The van der Waals surface area contributed by atoms with Gasteiger partial charge in [-0.2, -0.15) is 0 Å². The molecule has 0 atom stereocenters. The maximum absolute atomic E-state index is 13.1. The van der Waals surface area contributed by atoms with E-state index in [-0.39, 0.29) is 17.7 Å². The van der Waals surface area contributed by atoms with E-state index in [2.05, 4.69) is 55.5 Å². The zero-order chi connectivity index (χ0) is 22.5. The summed E-state index contributed by atoms with van der Waals surface area (Å²) in [5, 5.41) is 0. The minimum atomic E-state index is -0.427. The second kappa shape index (κ2) is 9.83. The second-order valence-electron chi connectivity index (χ2n) is 6.95. The van der Waals surface area contributed by atoms with Crippen LogP contribution in [-0.4, -0.2) is 16.7 Å². The highest BCUT2D eigenvalue weighted by Crippen LogP contribution is 2.23. The summed E-state index contributed by atoms with van der Waals surface area (Å²) in [5.74, 6) is 10.9. The van der Waals surface area contributed by atoms with E-state index in [1.807, 2.05) is 78.9 Å². The average molecular weight is 545 g/mol. The first-order valence-electron chi connectivity index (χ1n) is 9.71. The van der Waals surface area contributed by atoms with Crippen LogP contribution in [0.5, 0.6) is 0 Å². The number of nitrogens with zero attached hydrogens (tertiary/aromatic N) is 1. The fourth-order valence-corrected chi connectivity index (χ4v) is 3.58. The monoisotopic (exact) mass is 543 g/mol. The number of benzene rings is 3. The Labute approximate surface area is 203 Å². The van der Waals surface area contributed by atoms with Gasteiger partial charge in [-0.3, -0.25) is 14.5 Å². The van der Waals surface area contributed by atoms with Gasteiger partial charge in [0.2, 0.25) is 0 Å². The van der Waals surface area contributed by atoms with Crippen molar-refractivity contribution < 1.29 is 9.59 Å². The molecule has 0 fully saturated rings. The predicted octanol–water partition coefficient (Wildman–Crippen LogP) is 5.48. The topological polar surface area (TPSA) is 37.4 Å². The number of hydrogen-bond acceptors (Lipinski definition) is 2. The molecular formula is C27H15Br2NO2. The van der Waals surface area contributed by atoms with E-state index >= 15 is 0 Å². The van der Waals surface area contributed by atoms with Crippen LogP contribution in [0.4, 0.5) is 0 Å². The van der Waals surface area contributed by atoms with Gasteiger partial charge >= 0.3 is 0 Å². The molecule has 4 rings (SSSR count). The highest BCUT2D eigenvalue weighted by Gasteiger charge is 2.37. The minimum Gasteiger partial charge on any atom is -0.269 e. The Hall–Kier alpha value is -3.38. The van der Waals surface area contributed by atoms with E-state index < -0.39 is 11.8 Å². The number of rotatable bonds is 2. The van der Waals surface area contributed by atoms with Crippen molar-refractivity contribution >= 4 is 43.7 Å². The van der Waals surface area contributed by atoms with Gasteiger partial charge in [0.05, 0.1) is 6.54 Å². The largest absolute Gasteiger partial charge is 0.271 e. The Morgan fingerprint density at radius 1 is 0.594 bits per heavy atom. The van der Waals surface area contributed by atoms with Gasteiger partial charge in [-0.05, 0) is 54.1 Å². The molecule has 3 aromatic carbocycles. The van der Waals surface area contributed by atoms with Crippen LogP contribution in [0.2, 0.25) is 0 Å². The first kappa shape index (κ1) is 21.8. The molecule has 1 aliphatic rings. The Kier molecular flexibility index (Phi) is 6.71. The molecular weight excluding hydrogens is 530 g/mol. The highest BCUT2D eigenvalue weighted by molar-refractivity contribution is 9.10. The van der Waals surface area contributed by atoms with Crippen LogP contribution in [0, 0.1) is 23.7 Å². The Morgan fingerprint density at radius 3 is 1.47 bits per heavy atom. The lowest BCUT2D eigenvalue weighted by molar-refractivity contribution is -0.137. The van der Waals surface area contributed by atoms with E-state index in [9.17, 15) is 9.59 Å². The van der Waals surface area contributed by atoms with Crippen LogP contribution in [0.15, 0.2) is 99.0 Å². The van der Waals surface area contributed by atoms with E-state index in [0.29, 0.717) is 0 Å². The number of hydrogen-bond donors (Lipinski definition) is 0. The van der Waals surface area contributed by atoms with E-state index in [4.69, 9.17) is 0 Å². The van der Waals surface area contributed by atoms with E-state index in [0.717, 1.165) is 25.6 Å². The number of carbonyl (C=O) groups is 2. The van der Waals surface area contributed by atoms with Crippen molar-refractivity contribution in [2.45, 2.75) is 6.54 Å². The van der Waals surface area contributed by atoms with Gasteiger partial charge in [0.15, 0.2) is 0 Å². The molecule has 0 radical (unpaired) electrons. The summed E-state index contributed by atoms with van der Waals surface area (Å²) in [5.41, 5.74) is 2.58. The molecule has 3 aromatic rings. The summed E-state index contributed by atoms with van der Waals surface area (Å²) in [7, 11) is 0. The summed E-state index contributed by atoms with van der Waals surface area (Å²) < 4.78 is 1.87. The number of amides is 2. The Morgan fingerprint density at radius 2 is 1.03 bits per heavy atom. The predicted molar refractivity (Wildman–Crippen MR) is 131 cm³/mol. The van der Waals surface area contributed by atoms with Crippen molar-refractivity contribution in [3.05, 3.63) is 116 Å². The van der Waals surface area contributed by atoms with Crippen molar-refractivity contribution in [3.8, 4) is 23.7 Å². The zero-order valence-electron chi connectivity index (χ0n) is 16.7. The summed E-state index contributed by atoms with van der Waals surface area (Å²) in [6.45, 7) is 0.172. The van der Waals surface area contributed by atoms with Crippen molar-refractivity contribution in [2.24, 2.45) is 0 Å². The van der Waals surface area contributed by atoms with Gasteiger partial charge in [-0.25, -0.2) is 0 Å². The fraction of sp³-hybridized carbons (Fsp3) is 0.0370. The number of carbonyl (C=O) groups excluding carboxylic acids is 2. The minimum absolute atomic E-state index is 0.124. The molecule has 0 spiro atoms. The Balaban J connectivity index is 1.72. The molecule has 1 heterocycles. The van der Waals surface area contributed by atoms with Gasteiger partial charge in [0.25, 0.3) is 11.8 Å². The molecule has 0 saturated carbocycles. The summed E-state index contributed by atoms with van der Waals surface area (Å²) in [4.78, 5) is 27.5. The lowest BCUT2D eigenvalue weighted by Gasteiger charge is -2.14. The van der Waals surface area contributed by atoms with Gasteiger partial charge in [0, 0.05) is 20.1 Å². The highest BCUT2D eigenvalue weighted by atomic mass is 79.9. The molecule has 5 heteroatoms. The van der Waals surface area contributed by atoms with Crippen LogP contribution in [-0.2, 0) is 16.1 Å². The average Bonchev–Trinajstić information content (AvgIpc) is 3.03. The first-order chi connectivity index (χ1) is 15.5. The zero-order valence-corrected chi connectivity index (χ0v) is 19.9. The molecule has 0 saturated heterocycles. The van der Waals surface area contributed by atoms with Crippen molar-refractivity contribution in [1.29, 1.82) is 0 Å². The molecule has 1 aliphatic heterocycles. The third-order valence-corrected chi connectivity index (χ3v) is 5.76. The van der Waals surface area contributed by atoms with Crippen molar-refractivity contribution in [1.82, 2.24) is 4.90 Å². The van der Waals surface area contributed by atoms with Gasteiger partial charge in [-0.15, -0.1) is 0 Å². The van der Waals surface area contributed by atoms with Crippen LogP contribution < -0.4 is 0 Å². The quantitative estimate of drug-likeness (QED) is 0.316. The van der Waals surface area contributed by atoms with Crippen LogP contribution in [0.25, 0.3) is 0 Å². The standard InChI is InChI=1S/C27H15Br2NO2/c28-22-12-6-19(7-13-22)10-16-24-25(17-11-20-8-14-23(29)15-9-20)27(32)30(26(24)31)18-21-4-2-1-3-5-21/h1-9,12-15H,18H2. The molecule has 3 nitrogen and oxygen atoms in total. The molecule has 154 valence electrons. The molecule has 0 aromatic heterocycles. The third-order valence-electron chi connectivity index (χ3n) is 4.70. The summed E-state index contributed by atoms with van der Waals surface area (Å²) in [6, 6.07) is 24.2. The fourth-order valence-electron chi connectivity index (χ4n) is 3.05. The number of imide groups is 1. The van der Waals surface area contributed by atoms with Gasteiger partial charge in [-0.1, -0.05) is 85.9 Å². The maximum atomic E-state index is 13.1. The molecule has 0 unspecified atom stereocenters. The molecule has 0 aliphatic carbocycles. The van der Waals surface area contributed by atoms with Crippen molar-refractivity contribution in [2.75, 3.05) is 0 Å². The Bertz CT molecular complexity index is 1250. The van der Waals surface area contributed by atoms with E-state index in [1.54, 1.807) is 0 Å². The third kappa shape index (κ3) is 5.08. The van der Waals surface area contributed by atoms with Crippen LogP contribution >= 0.6 is 31.9 Å². The normalized spacial score (nSPS) is 12.9. The summed E-state index contributed by atoms with van der Waals surface area (Å²) in [6.07, 6.45) is 0. The first-order valence-corrected chi connectivity index (χ1v) is 11.3. The SMILES string of the molecule is O=C1C(C#Cc2ccc(Br)cc2)=C(C#Cc2ccc(Br)cc2)C(=O)N1Cc1ccccc1. The molecule has 2 amide bonds. The smallest absolute Gasteiger partial charge is 0.269 e. The van der Waals surface area contributed by atoms with Gasteiger partial charge in [0.1, 0.15) is 11.1 Å². The molecule has 0 N–H and O–H groups in total. The lowest BCUT2D eigenvalue weighted by atomic mass is 10.1. The summed E-state index contributed by atoms with van der Waals surface area (Å²) >= 11 is 6.78. The van der Waals surface area contributed by atoms with Crippen molar-refractivity contribution in [3.63, 3.8) is 0 Å². The van der Waals surface area contributed by atoms with Crippen LogP contribution in [0.1, 0.15) is 16.7 Å².